The first-order valence-electron chi connectivity index (χ1n) is 9.48. The van der Waals surface area contributed by atoms with Crippen LogP contribution in [0.1, 0.15) is 27.5 Å². The molecule has 0 saturated heterocycles. The quantitative estimate of drug-likeness (QED) is 0.369. The maximum atomic E-state index is 13.0. The van der Waals surface area contributed by atoms with Gasteiger partial charge >= 0.3 is 0 Å². The van der Waals surface area contributed by atoms with E-state index in [1.807, 2.05) is 72.8 Å². The largest absolute Gasteiger partial charge is 0.341 e. The van der Waals surface area contributed by atoms with Crippen LogP contribution in [0, 0.1) is 0 Å². The molecule has 0 radical (unpaired) electrons. The van der Waals surface area contributed by atoms with Gasteiger partial charge in [-0.25, -0.2) is 0 Å². The summed E-state index contributed by atoms with van der Waals surface area (Å²) < 4.78 is 0.781. The topological polar surface area (TPSA) is 29.1 Å². The Bertz CT molecular complexity index is 1090. The van der Waals surface area contributed by atoms with Crippen LogP contribution in [0.15, 0.2) is 114 Å². The second-order valence-electron chi connectivity index (χ2n) is 6.79. The minimum absolute atomic E-state index is 0.113. The molecule has 0 aliphatic rings. The number of rotatable bonds is 5. The zero-order valence-electron chi connectivity index (χ0n) is 15.8. The smallest absolute Gasteiger partial charge is 0.253 e. The fourth-order valence-electron chi connectivity index (χ4n) is 3.36. The predicted molar refractivity (Wildman–Crippen MR) is 122 cm³/mol. The second-order valence-corrected chi connectivity index (χ2v) is 7.64. The van der Waals surface area contributed by atoms with E-state index in [2.05, 4.69) is 57.6 Å². The molecule has 4 rings (SSSR count). The van der Waals surface area contributed by atoms with Crippen LogP contribution in [0.5, 0.6) is 0 Å². The van der Waals surface area contributed by atoms with Crippen LogP contribution in [-0.2, 0) is 0 Å². The average Bonchev–Trinajstić information content (AvgIpc) is 2.79. The van der Waals surface area contributed by atoms with Crippen molar-refractivity contribution in [3.05, 3.63) is 130 Å². The van der Waals surface area contributed by atoms with Crippen LogP contribution in [0.2, 0.25) is 0 Å². The maximum Gasteiger partial charge on any atom is 0.253 e. The van der Waals surface area contributed by atoms with Crippen molar-refractivity contribution in [2.24, 2.45) is 0 Å². The zero-order chi connectivity index (χ0) is 20.1. The lowest BCUT2D eigenvalue weighted by Gasteiger charge is -2.21. The molecular formula is C26H20BrNO. The van der Waals surface area contributed by atoms with Gasteiger partial charge in [0, 0.05) is 4.47 Å². The average molecular weight is 442 g/mol. The minimum Gasteiger partial charge on any atom is -0.341 e. The summed E-state index contributed by atoms with van der Waals surface area (Å²) in [4.78, 5) is 13.0. The van der Waals surface area contributed by atoms with E-state index in [0.717, 1.165) is 21.2 Å². The Labute approximate surface area is 179 Å². The molecule has 1 amide bonds. The highest BCUT2D eigenvalue weighted by atomic mass is 79.9. The number of carbonyl (C=O) groups excluding carboxylic acids is 1. The molecule has 3 heteroatoms. The first kappa shape index (κ1) is 19.2. The molecule has 0 aliphatic heterocycles. The number of carbonyl (C=O) groups is 1. The molecule has 2 nitrogen and oxygen atoms in total. The van der Waals surface area contributed by atoms with E-state index in [-0.39, 0.29) is 11.9 Å². The van der Waals surface area contributed by atoms with E-state index in [9.17, 15) is 4.79 Å². The van der Waals surface area contributed by atoms with Gasteiger partial charge in [-0.15, -0.1) is 0 Å². The molecule has 0 fully saturated rings. The molecule has 142 valence electrons. The summed E-state index contributed by atoms with van der Waals surface area (Å²) in [7, 11) is 0. The minimum atomic E-state index is -0.236. The van der Waals surface area contributed by atoms with E-state index in [1.165, 1.54) is 5.56 Å². The summed E-state index contributed by atoms with van der Waals surface area (Å²) in [5.74, 6) is -0.113. The molecule has 0 bridgehead atoms. The molecule has 29 heavy (non-hydrogen) atoms. The SMILES string of the molecule is O=C(NC(c1ccccc1)c1ccc(-c2ccccc2)cc1)c1ccccc1Br. The zero-order valence-corrected chi connectivity index (χ0v) is 17.3. The summed E-state index contributed by atoms with van der Waals surface area (Å²) in [6, 6.07) is 35.9. The van der Waals surface area contributed by atoms with Crippen molar-refractivity contribution in [1.29, 1.82) is 0 Å². The fraction of sp³-hybridized carbons (Fsp3) is 0.0385. The van der Waals surface area contributed by atoms with Crippen LogP contribution < -0.4 is 5.32 Å². The number of hydrogen-bond donors (Lipinski definition) is 1. The Balaban J connectivity index is 1.66. The summed E-state index contributed by atoms with van der Waals surface area (Å²) in [5.41, 5.74) is 5.02. The Hall–Kier alpha value is -3.17. The molecule has 0 spiro atoms. The molecule has 0 aliphatic carbocycles. The van der Waals surface area contributed by atoms with Gasteiger partial charge in [-0.1, -0.05) is 97.1 Å². The van der Waals surface area contributed by atoms with Crippen molar-refractivity contribution in [3.8, 4) is 11.1 Å². The lowest BCUT2D eigenvalue weighted by Crippen LogP contribution is -2.29. The van der Waals surface area contributed by atoms with Crippen molar-refractivity contribution in [2.45, 2.75) is 6.04 Å². The number of halogens is 1. The van der Waals surface area contributed by atoms with Gasteiger partial charge in [0.2, 0.25) is 0 Å². The third kappa shape index (κ3) is 4.47. The molecule has 0 aromatic heterocycles. The number of amides is 1. The van der Waals surface area contributed by atoms with E-state index in [4.69, 9.17) is 0 Å². The predicted octanol–water partition coefficient (Wildman–Crippen LogP) is 6.64. The normalized spacial score (nSPS) is 11.6. The highest BCUT2D eigenvalue weighted by molar-refractivity contribution is 9.10. The van der Waals surface area contributed by atoms with Crippen molar-refractivity contribution in [1.82, 2.24) is 5.32 Å². The van der Waals surface area contributed by atoms with Gasteiger partial charge in [-0.2, -0.15) is 0 Å². The number of benzene rings is 4. The summed E-state index contributed by atoms with van der Waals surface area (Å²) in [6.45, 7) is 0. The Morgan fingerprint density at radius 2 is 1.14 bits per heavy atom. The van der Waals surface area contributed by atoms with Crippen molar-refractivity contribution in [3.63, 3.8) is 0 Å². The third-order valence-corrected chi connectivity index (χ3v) is 5.57. The summed E-state index contributed by atoms with van der Waals surface area (Å²) >= 11 is 3.47. The molecule has 1 N–H and O–H groups in total. The first-order chi connectivity index (χ1) is 14.2. The van der Waals surface area contributed by atoms with Gasteiger partial charge in [-0.05, 0) is 50.3 Å². The van der Waals surface area contributed by atoms with Gasteiger partial charge in [0.1, 0.15) is 0 Å². The summed E-state index contributed by atoms with van der Waals surface area (Å²) in [5, 5.41) is 3.20. The van der Waals surface area contributed by atoms with E-state index in [1.54, 1.807) is 0 Å². The molecule has 1 atom stereocenters. The Morgan fingerprint density at radius 3 is 1.79 bits per heavy atom. The second kappa shape index (κ2) is 8.89. The van der Waals surface area contributed by atoms with Crippen molar-refractivity contribution in [2.75, 3.05) is 0 Å². The lowest BCUT2D eigenvalue weighted by molar-refractivity contribution is 0.0942. The molecule has 0 saturated carbocycles. The molecule has 1 unspecified atom stereocenters. The van der Waals surface area contributed by atoms with Crippen molar-refractivity contribution < 1.29 is 4.79 Å². The lowest BCUT2D eigenvalue weighted by atomic mass is 9.96. The first-order valence-corrected chi connectivity index (χ1v) is 10.3. The monoisotopic (exact) mass is 441 g/mol. The van der Waals surface area contributed by atoms with Crippen LogP contribution in [-0.4, -0.2) is 5.91 Å². The van der Waals surface area contributed by atoms with Gasteiger partial charge in [-0.3, -0.25) is 4.79 Å². The van der Waals surface area contributed by atoms with Gasteiger partial charge in [0.05, 0.1) is 11.6 Å². The van der Waals surface area contributed by atoms with Crippen LogP contribution in [0.3, 0.4) is 0 Å². The third-order valence-electron chi connectivity index (χ3n) is 4.88. The summed E-state index contributed by atoms with van der Waals surface area (Å²) in [6.07, 6.45) is 0. The highest BCUT2D eigenvalue weighted by Gasteiger charge is 2.19. The number of hydrogen-bond acceptors (Lipinski definition) is 1. The van der Waals surface area contributed by atoms with Crippen LogP contribution in [0.4, 0.5) is 0 Å². The van der Waals surface area contributed by atoms with Crippen LogP contribution >= 0.6 is 15.9 Å². The van der Waals surface area contributed by atoms with E-state index >= 15 is 0 Å². The number of nitrogens with one attached hydrogen (secondary N) is 1. The molecular weight excluding hydrogens is 422 g/mol. The van der Waals surface area contributed by atoms with E-state index in [0.29, 0.717) is 5.56 Å². The molecule has 0 heterocycles. The fourth-order valence-corrected chi connectivity index (χ4v) is 3.82. The molecule has 4 aromatic carbocycles. The Kier molecular flexibility index (Phi) is 5.87. The van der Waals surface area contributed by atoms with Crippen LogP contribution in [0.25, 0.3) is 11.1 Å². The van der Waals surface area contributed by atoms with E-state index < -0.39 is 0 Å². The maximum absolute atomic E-state index is 13.0. The standard InChI is InChI=1S/C26H20BrNO/c27-24-14-8-7-13-23(24)26(29)28-25(21-11-5-2-6-12-21)22-17-15-20(16-18-22)19-9-3-1-4-10-19/h1-18,25H,(H,28,29). The highest BCUT2D eigenvalue weighted by Crippen LogP contribution is 2.27. The Morgan fingerprint density at radius 1 is 0.621 bits per heavy atom. The van der Waals surface area contributed by atoms with Gasteiger partial charge in [0.25, 0.3) is 5.91 Å². The van der Waals surface area contributed by atoms with Crippen molar-refractivity contribution >= 4 is 21.8 Å². The van der Waals surface area contributed by atoms with Gasteiger partial charge < -0.3 is 5.32 Å². The van der Waals surface area contributed by atoms with Gasteiger partial charge in [0.15, 0.2) is 0 Å². The molecule has 4 aromatic rings.